The lowest BCUT2D eigenvalue weighted by Gasteiger charge is -2.40. The van der Waals surface area contributed by atoms with Crippen LogP contribution in [0.25, 0.3) is 0 Å². The van der Waals surface area contributed by atoms with E-state index in [9.17, 15) is 0 Å². The van der Waals surface area contributed by atoms with E-state index in [-0.39, 0.29) is 5.54 Å². The van der Waals surface area contributed by atoms with E-state index >= 15 is 0 Å². The molecular formula is C14H22N2O. The zero-order chi connectivity index (χ0) is 12.3. The first-order valence-electron chi connectivity index (χ1n) is 6.38. The van der Waals surface area contributed by atoms with Crippen molar-refractivity contribution in [3.05, 3.63) is 24.4 Å². The molecule has 0 spiro atoms. The van der Waals surface area contributed by atoms with Gasteiger partial charge in [-0.15, -0.1) is 0 Å². The highest BCUT2D eigenvalue weighted by molar-refractivity contribution is 5.09. The van der Waals surface area contributed by atoms with E-state index in [4.69, 9.17) is 4.74 Å². The number of aromatic nitrogens is 1. The van der Waals surface area contributed by atoms with Gasteiger partial charge in [-0.3, -0.25) is 4.90 Å². The van der Waals surface area contributed by atoms with Gasteiger partial charge in [0.05, 0.1) is 0 Å². The van der Waals surface area contributed by atoms with Crippen LogP contribution in [0.2, 0.25) is 0 Å². The smallest absolute Gasteiger partial charge is 0.213 e. The molecule has 3 heteroatoms. The van der Waals surface area contributed by atoms with Crippen LogP contribution in [0.15, 0.2) is 24.4 Å². The maximum Gasteiger partial charge on any atom is 0.213 e. The summed E-state index contributed by atoms with van der Waals surface area (Å²) in [6, 6.07) is 5.80. The molecule has 1 fully saturated rings. The summed E-state index contributed by atoms with van der Waals surface area (Å²) in [5, 5.41) is 0. The van der Waals surface area contributed by atoms with Crippen molar-refractivity contribution < 1.29 is 4.74 Å². The number of hydrogen-bond donors (Lipinski definition) is 0. The Morgan fingerprint density at radius 2 is 1.94 bits per heavy atom. The van der Waals surface area contributed by atoms with Crippen molar-refractivity contribution in [3.8, 4) is 5.88 Å². The van der Waals surface area contributed by atoms with Crippen molar-refractivity contribution >= 4 is 0 Å². The van der Waals surface area contributed by atoms with Gasteiger partial charge in [-0.05, 0) is 39.7 Å². The molecule has 0 saturated carbocycles. The van der Waals surface area contributed by atoms with E-state index in [0.717, 1.165) is 31.8 Å². The van der Waals surface area contributed by atoms with Crippen LogP contribution in [-0.2, 0) is 0 Å². The number of pyridine rings is 1. The van der Waals surface area contributed by atoms with Gasteiger partial charge < -0.3 is 4.74 Å². The summed E-state index contributed by atoms with van der Waals surface area (Å²) in [6.07, 6.45) is 4.28. The Hall–Kier alpha value is -1.09. The third kappa shape index (κ3) is 3.43. The molecular weight excluding hydrogens is 212 g/mol. The molecule has 1 aromatic heterocycles. The fourth-order valence-electron chi connectivity index (χ4n) is 2.23. The molecule has 2 rings (SSSR count). The highest BCUT2D eigenvalue weighted by atomic mass is 16.5. The second-order valence-electron chi connectivity index (χ2n) is 5.64. The van der Waals surface area contributed by atoms with Crippen LogP contribution >= 0.6 is 0 Å². The van der Waals surface area contributed by atoms with Crippen LogP contribution in [0.3, 0.4) is 0 Å². The largest absolute Gasteiger partial charge is 0.474 e. The van der Waals surface area contributed by atoms with Crippen molar-refractivity contribution in [2.24, 2.45) is 0 Å². The zero-order valence-corrected chi connectivity index (χ0v) is 11.0. The van der Waals surface area contributed by atoms with Gasteiger partial charge in [0.25, 0.3) is 0 Å². The lowest BCUT2D eigenvalue weighted by atomic mass is 9.99. The lowest BCUT2D eigenvalue weighted by Crippen LogP contribution is -2.48. The Bertz CT molecular complexity index is 337. The summed E-state index contributed by atoms with van der Waals surface area (Å²) in [6.45, 7) is 9.04. The molecule has 1 aliphatic rings. The highest BCUT2D eigenvalue weighted by Gasteiger charge is 2.27. The molecule has 0 amide bonds. The molecule has 3 nitrogen and oxygen atoms in total. The minimum Gasteiger partial charge on any atom is -0.474 e. The predicted molar refractivity (Wildman–Crippen MR) is 69.2 cm³/mol. The average Bonchev–Trinajstić information content (AvgIpc) is 2.30. The van der Waals surface area contributed by atoms with Gasteiger partial charge in [-0.1, -0.05) is 6.07 Å². The molecule has 2 heterocycles. The fourth-order valence-corrected chi connectivity index (χ4v) is 2.23. The maximum absolute atomic E-state index is 5.88. The summed E-state index contributed by atoms with van der Waals surface area (Å²) in [7, 11) is 0. The highest BCUT2D eigenvalue weighted by Crippen LogP contribution is 2.22. The minimum absolute atomic E-state index is 0.274. The van der Waals surface area contributed by atoms with E-state index in [0.29, 0.717) is 6.10 Å². The summed E-state index contributed by atoms with van der Waals surface area (Å²) in [5.41, 5.74) is 0.274. The Labute approximate surface area is 104 Å². The fraction of sp³-hybridized carbons (Fsp3) is 0.643. The summed E-state index contributed by atoms with van der Waals surface area (Å²) in [4.78, 5) is 6.72. The second kappa shape index (κ2) is 5.05. The van der Waals surface area contributed by atoms with Crippen LogP contribution in [0, 0.1) is 0 Å². The molecule has 0 unspecified atom stereocenters. The maximum atomic E-state index is 5.88. The molecule has 0 atom stereocenters. The number of likely N-dealkylation sites (tertiary alicyclic amines) is 1. The SMILES string of the molecule is CC(C)(C)N1CCC(Oc2ccccn2)CC1. The molecule has 0 bridgehead atoms. The van der Waals surface area contributed by atoms with Crippen LogP contribution in [0.4, 0.5) is 0 Å². The van der Waals surface area contributed by atoms with Crippen LogP contribution < -0.4 is 4.74 Å². The Morgan fingerprint density at radius 3 is 2.47 bits per heavy atom. The number of rotatable bonds is 2. The predicted octanol–water partition coefficient (Wildman–Crippen LogP) is 2.72. The van der Waals surface area contributed by atoms with Gasteiger partial charge in [0.15, 0.2) is 0 Å². The number of piperidine rings is 1. The van der Waals surface area contributed by atoms with Gasteiger partial charge in [-0.25, -0.2) is 4.98 Å². The molecule has 0 radical (unpaired) electrons. The van der Waals surface area contributed by atoms with E-state index in [1.807, 2.05) is 18.2 Å². The van der Waals surface area contributed by atoms with E-state index in [1.165, 1.54) is 0 Å². The van der Waals surface area contributed by atoms with Crippen LogP contribution in [-0.4, -0.2) is 34.6 Å². The average molecular weight is 234 g/mol. The van der Waals surface area contributed by atoms with Gasteiger partial charge in [0.1, 0.15) is 6.10 Å². The Balaban J connectivity index is 1.84. The quantitative estimate of drug-likeness (QED) is 0.786. The second-order valence-corrected chi connectivity index (χ2v) is 5.64. The van der Waals surface area contributed by atoms with Crippen LogP contribution in [0.1, 0.15) is 33.6 Å². The van der Waals surface area contributed by atoms with Crippen LogP contribution in [0.5, 0.6) is 5.88 Å². The van der Waals surface area contributed by atoms with Crippen molar-refractivity contribution in [1.29, 1.82) is 0 Å². The first-order chi connectivity index (χ1) is 8.05. The normalized spacial score (nSPS) is 19.2. The first-order valence-corrected chi connectivity index (χ1v) is 6.38. The zero-order valence-electron chi connectivity index (χ0n) is 11.0. The van der Waals surface area contributed by atoms with E-state index in [2.05, 4.69) is 30.7 Å². The van der Waals surface area contributed by atoms with Gasteiger partial charge in [-0.2, -0.15) is 0 Å². The third-order valence-corrected chi connectivity index (χ3v) is 3.32. The monoisotopic (exact) mass is 234 g/mol. The molecule has 0 N–H and O–H groups in total. The van der Waals surface area contributed by atoms with Crippen molar-refractivity contribution in [2.45, 2.75) is 45.3 Å². The third-order valence-electron chi connectivity index (χ3n) is 3.32. The van der Waals surface area contributed by atoms with Gasteiger partial charge in [0, 0.05) is 30.9 Å². The molecule has 0 aliphatic carbocycles. The number of nitrogens with zero attached hydrogens (tertiary/aromatic N) is 2. The topological polar surface area (TPSA) is 25.4 Å². The standard InChI is InChI=1S/C14H22N2O/c1-14(2,3)16-10-7-12(8-11-16)17-13-6-4-5-9-15-13/h4-6,9,12H,7-8,10-11H2,1-3H3. The molecule has 1 aromatic rings. The number of hydrogen-bond acceptors (Lipinski definition) is 3. The van der Waals surface area contributed by atoms with E-state index < -0.39 is 0 Å². The molecule has 0 aromatic carbocycles. The lowest BCUT2D eigenvalue weighted by molar-refractivity contribution is 0.0472. The number of ether oxygens (including phenoxy) is 1. The van der Waals surface area contributed by atoms with Gasteiger partial charge in [0.2, 0.25) is 5.88 Å². The molecule has 17 heavy (non-hydrogen) atoms. The molecule has 1 saturated heterocycles. The van der Waals surface area contributed by atoms with Gasteiger partial charge >= 0.3 is 0 Å². The Morgan fingerprint density at radius 1 is 1.24 bits per heavy atom. The Kier molecular flexibility index (Phi) is 3.67. The molecule has 1 aliphatic heterocycles. The summed E-state index contributed by atoms with van der Waals surface area (Å²) in [5.74, 6) is 0.752. The molecule has 94 valence electrons. The summed E-state index contributed by atoms with van der Waals surface area (Å²) >= 11 is 0. The summed E-state index contributed by atoms with van der Waals surface area (Å²) < 4.78 is 5.88. The van der Waals surface area contributed by atoms with Crippen molar-refractivity contribution in [3.63, 3.8) is 0 Å². The van der Waals surface area contributed by atoms with Crippen molar-refractivity contribution in [1.82, 2.24) is 9.88 Å². The van der Waals surface area contributed by atoms with Crippen molar-refractivity contribution in [2.75, 3.05) is 13.1 Å². The van der Waals surface area contributed by atoms with E-state index in [1.54, 1.807) is 6.20 Å². The minimum atomic E-state index is 0.274. The first kappa shape index (κ1) is 12.4.